The number of unbranched alkanes of at least 4 members (excludes halogenated alkanes) is 41. The zero-order valence-corrected chi connectivity index (χ0v) is 49.9. The Labute approximate surface area is 476 Å². The highest BCUT2D eigenvalue weighted by molar-refractivity contribution is 5.76. The number of ether oxygens (including phenoxy) is 4. The molecule has 2 rings (SSSR count). The predicted octanol–water partition coefficient (Wildman–Crippen LogP) is 12.2. The Morgan fingerprint density at radius 3 is 1.18 bits per heavy atom. The molecule has 0 aromatic heterocycles. The molecule has 0 bridgehead atoms. The van der Waals surface area contributed by atoms with Crippen LogP contribution in [0.4, 0.5) is 0 Å². The molecule has 0 aromatic carbocycles. The molecular weight excluding hydrogens is 991 g/mol. The average Bonchev–Trinajstić information content (AvgIpc) is 3.44. The van der Waals surface area contributed by atoms with Crippen LogP contribution in [0, 0.1) is 0 Å². The Balaban J connectivity index is 1.68. The lowest BCUT2D eigenvalue weighted by Gasteiger charge is -2.46. The van der Waals surface area contributed by atoms with Gasteiger partial charge in [-0.2, -0.15) is 0 Å². The monoisotopic (exact) mass is 1110 g/mol. The maximum atomic E-state index is 13.3. The van der Waals surface area contributed by atoms with Crippen LogP contribution in [0.2, 0.25) is 0 Å². The molecule has 12 atom stereocenters. The van der Waals surface area contributed by atoms with Crippen LogP contribution >= 0.6 is 0 Å². The summed E-state index contributed by atoms with van der Waals surface area (Å²) in [6, 6.07) is -0.910. The Bertz CT molecular complexity index is 1360. The van der Waals surface area contributed by atoms with Crippen molar-refractivity contribution in [2.45, 2.75) is 370 Å². The number of carbonyl (C=O) groups excluding carboxylic acids is 1. The molecule has 0 aliphatic carbocycles. The summed E-state index contributed by atoms with van der Waals surface area (Å²) in [5.74, 6) is -0.234. The average molecular weight is 1110 g/mol. The molecule has 2 heterocycles. The highest BCUT2D eigenvalue weighted by atomic mass is 16.7. The third kappa shape index (κ3) is 35.0. The molecule has 2 saturated heterocycles. The standard InChI is InChI=1S/C64H123NO13/c1-3-5-7-9-11-13-15-17-19-20-21-22-23-24-25-26-27-28-29-30-31-32-34-35-37-39-41-43-45-47-53(68)52(65-56(69)48-46-44-42-40-38-36-33-18-16-14-12-10-8-6-4-2)51-75-63-61(74)59(72)62(55(50-67)77-63)78-64-60(73)58(71)57(70)54(49-66)76-64/h45,47,52-55,57-64,66-68,70-74H,3-44,46,48-51H2,1-2H3,(H,65,69)/b47-45+. The van der Waals surface area contributed by atoms with Gasteiger partial charge in [0.25, 0.3) is 0 Å². The number of aliphatic hydroxyl groups is 8. The number of allylic oxidation sites excluding steroid dienone is 1. The van der Waals surface area contributed by atoms with Crippen molar-refractivity contribution in [1.29, 1.82) is 0 Å². The van der Waals surface area contributed by atoms with Gasteiger partial charge in [0.2, 0.25) is 5.91 Å². The quantitative estimate of drug-likeness (QED) is 0.0204. The van der Waals surface area contributed by atoms with Crippen LogP contribution in [-0.4, -0.2) is 140 Å². The normalized spacial score (nSPS) is 24.5. The second-order valence-electron chi connectivity index (χ2n) is 23.6. The van der Waals surface area contributed by atoms with Crippen molar-refractivity contribution >= 4 is 5.91 Å². The minimum absolute atomic E-state index is 0.234. The van der Waals surface area contributed by atoms with Gasteiger partial charge in [-0.3, -0.25) is 4.79 Å². The molecule has 2 aliphatic rings. The molecule has 0 radical (unpaired) electrons. The molecule has 2 fully saturated rings. The predicted molar refractivity (Wildman–Crippen MR) is 314 cm³/mol. The fourth-order valence-electron chi connectivity index (χ4n) is 11.2. The van der Waals surface area contributed by atoms with Gasteiger partial charge >= 0.3 is 0 Å². The maximum Gasteiger partial charge on any atom is 0.220 e. The number of hydrogen-bond donors (Lipinski definition) is 9. The molecule has 0 saturated carbocycles. The Morgan fingerprint density at radius 2 is 0.795 bits per heavy atom. The lowest BCUT2D eigenvalue weighted by molar-refractivity contribution is -0.359. The van der Waals surface area contributed by atoms with Gasteiger partial charge in [0.15, 0.2) is 12.6 Å². The summed E-state index contributed by atoms with van der Waals surface area (Å²) in [4.78, 5) is 13.3. The first-order valence-corrected chi connectivity index (χ1v) is 32.9. The topological polar surface area (TPSA) is 228 Å². The number of carbonyl (C=O) groups is 1. The minimum atomic E-state index is -1.79. The van der Waals surface area contributed by atoms with Gasteiger partial charge in [-0.1, -0.05) is 283 Å². The lowest BCUT2D eigenvalue weighted by Crippen LogP contribution is -2.65. The summed E-state index contributed by atoms with van der Waals surface area (Å²) >= 11 is 0. The molecule has 78 heavy (non-hydrogen) atoms. The lowest BCUT2D eigenvalue weighted by atomic mass is 9.97. The van der Waals surface area contributed by atoms with Crippen molar-refractivity contribution in [3.8, 4) is 0 Å². The third-order valence-electron chi connectivity index (χ3n) is 16.5. The van der Waals surface area contributed by atoms with Crippen LogP contribution in [0.5, 0.6) is 0 Å². The number of hydrogen-bond acceptors (Lipinski definition) is 13. The van der Waals surface area contributed by atoms with Crippen molar-refractivity contribution < 1.29 is 64.6 Å². The van der Waals surface area contributed by atoms with E-state index in [1.807, 2.05) is 6.08 Å². The summed E-state index contributed by atoms with van der Waals surface area (Å²) in [7, 11) is 0. The highest BCUT2D eigenvalue weighted by Gasteiger charge is 2.51. The van der Waals surface area contributed by atoms with Crippen molar-refractivity contribution in [3.63, 3.8) is 0 Å². The van der Waals surface area contributed by atoms with E-state index in [1.165, 1.54) is 231 Å². The van der Waals surface area contributed by atoms with Gasteiger partial charge in [0, 0.05) is 6.42 Å². The van der Waals surface area contributed by atoms with E-state index in [2.05, 4.69) is 19.2 Å². The molecular formula is C64H123NO13. The van der Waals surface area contributed by atoms with E-state index in [4.69, 9.17) is 18.9 Å². The molecule has 14 heteroatoms. The Morgan fingerprint density at radius 1 is 0.449 bits per heavy atom. The van der Waals surface area contributed by atoms with Crippen molar-refractivity contribution in [2.24, 2.45) is 0 Å². The fourth-order valence-corrected chi connectivity index (χ4v) is 11.2. The molecule has 2 aliphatic heterocycles. The van der Waals surface area contributed by atoms with E-state index in [0.29, 0.717) is 6.42 Å². The fraction of sp³-hybridized carbons (Fsp3) is 0.953. The van der Waals surface area contributed by atoms with E-state index in [0.717, 1.165) is 38.5 Å². The molecule has 0 aromatic rings. The number of aliphatic hydroxyl groups excluding tert-OH is 8. The van der Waals surface area contributed by atoms with Crippen LogP contribution < -0.4 is 5.32 Å². The van der Waals surface area contributed by atoms with Crippen molar-refractivity contribution in [3.05, 3.63) is 12.2 Å². The molecule has 0 spiro atoms. The number of rotatable bonds is 54. The number of nitrogens with one attached hydrogen (secondary N) is 1. The van der Waals surface area contributed by atoms with E-state index in [1.54, 1.807) is 6.08 Å². The number of amides is 1. The van der Waals surface area contributed by atoms with Gasteiger partial charge in [0.05, 0.1) is 32.0 Å². The molecule has 1 amide bonds. The zero-order chi connectivity index (χ0) is 56.7. The van der Waals surface area contributed by atoms with Crippen LogP contribution in [0.3, 0.4) is 0 Å². The minimum Gasteiger partial charge on any atom is -0.394 e. The third-order valence-corrected chi connectivity index (χ3v) is 16.5. The first-order chi connectivity index (χ1) is 38.1. The smallest absolute Gasteiger partial charge is 0.220 e. The first kappa shape index (κ1) is 72.8. The second kappa shape index (κ2) is 50.3. The van der Waals surface area contributed by atoms with Crippen LogP contribution in [0.25, 0.3) is 0 Å². The highest BCUT2D eigenvalue weighted by Crippen LogP contribution is 2.30. The Kier molecular flexibility index (Phi) is 46.9. The second-order valence-corrected chi connectivity index (χ2v) is 23.6. The van der Waals surface area contributed by atoms with Crippen molar-refractivity contribution in [1.82, 2.24) is 5.32 Å². The van der Waals surface area contributed by atoms with Gasteiger partial charge in [0.1, 0.15) is 48.8 Å². The summed E-state index contributed by atoms with van der Waals surface area (Å²) in [5, 5.41) is 87.2. The van der Waals surface area contributed by atoms with Gasteiger partial charge in [-0.25, -0.2) is 0 Å². The molecule has 14 nitrogen and oxygen atoms in total. The summed E-state index contributed by atoms with van der Waals surface area (Å²) < 4.78 is 22.8. The maximum absolute atomic E-state index is 13.3. The summed E-state index contributed by atoms with van der Waals surface area (Å²) in [6.07, 6.45) is 42.7. The van der Waals surface area contributed by atoms with Crippen molar-refractivity contribution in [2.75, 3.05) is 19.8 Å². The van der Waals surface area contributed by atoms with E-state index in [-0.39, 0.29) is 18.9 Å². The largest absolute Gasteiger partial charge is 0.394 e. The molecule has 462 valence electrons. The van der Waals surface area contributed by atoms with Gasteiger partial charge in [-0.05, 0) is 19.3 Å². The van der Waals surface area contributed by atoms with E-state index >= 15 is 0 Å². The van der Waals surface area contributed by atoms with Crippen LogP contribution in [-0.2, 0) is 23.7 Å². The van der Waals surface area contributed by atoms with E-state index < -0.39 is 86.8 Å². The molecule has 9 N–H and O–H groups in total. The zero-order valence-electron chi connectivity index (χ0n) is 49.9. The first-order valence-electron chi connectivity index (χ1n) is 32.9. The van der Waals surface area contributed by atoms with E-state index in [9.17, 15) is 45.6 Å². The summed E-state index contributed by atoms with van der Waals surface area (Å²) in [5.41, 5.74) is 0. The SMILES string of the molecule is CCCCCCCCCCCCCCCCCCCCCCCCCCCCC/C=C/C(O)C(COC1OC(CO)C(OC2OC(CO)C(O)C(O)C2O)C(O)C1O)NC(=O)CCCCCCCCCCCCCCCCC. The van der Waals surface area contributed by atoms with Gasteiger partial charge < -0.3 is 65.1 Å². The van der Waals surface area contributed by atoms with Crippen LogP contribution in [0.15, 0.2) is 12.2 Å². The van der Waals surface area contributed by atoms with Gasteiger partial charge in [-0.15, -0.1) is 0 Å². The molecule has 12 unspecified atom stereocenters. The Hall–Kier alpha value is -1.27. The summed E-state index contributed by atoms with van der Waals surface area (Å²) in [6.45, 7) is 2.84. The van der Waals surface area contributed by atoms with Crippen LogP contribution in [0.1, 0.15) is 296 Å².